The smallest absolute Gasteiger partial charge is 0.229 e. The van der Waals surface area contributed by atoms with Crippen molar-refractivity contribution in [3.8, 4) is 5.75 Å². The zero-order valence-electron chi connectivity index (χ0n) is 11.1. The molecule has 2 aromatic carbocycles. The van der Waals surface area contributed by atoms with Crippen LogP contribution < -0.4 is 4.74 Å². The van der Waals surface area contributed by atoms with E-state index in [1.54, 1.807) is 19.2 Å². The molecule has 100 valence electrons. The Morgan fingerprint density at radius 3 is 2.40 bits per heavy atom. The molecule has 0 aromatic heterocycles. The predicted octanol–water partition coefficient (Wildman–Crippen LogP) is 2.76. The van der Waals surface area contributed by atoms with Crippen LogP contribution in [0.3, 0.4) is 0 Å². The Balaban J connectivity index is 2.36. The maximum absolute atomic E-state index is 12.4. The summed E-state index contributed by atoms with van der Waals surface area (Å²) < 4.78 is 10.2. The van der Waals surface area contributed by atoms with Gasteiger partial charge in [-0.15, -0.1) is 0 Å². The van der Waals surface area contributed by atoms with Gasteiger partial charge in [0.25, 0.3) is 0 Å². The highest BCUT2D eigenvalue weighted by atomic mass is 16.5. The number of carbonyl (C=O) groups is 2. The maximum Gasteiger partial charge on any atom is 0.229 e. The normalized spacial score (nSPS) is 14.0. The first kappa shape index (κ1) is 12.4. The molecule has 0 spiro atoms. The molecule has 0 unspecified atom stereocenters. The highest BCUT2D eigenvalue weighted by Crippen LogP contribution is 2.31. The fraction of sp³-hybridized carbons (Fsp3) is 0.125. The summed E-state index contributed by atoms with van der Waals surface area (Å²) in [7, 11) is 2.94. The van der Waals surface area contributed by atoms with Crippen LogP contribution in [-0.2, 0) is 4.74 Å². The lowest BCUT2D eigenvalue weighted by Gasteiger charge is -2.16. The van der Waals surface area contributed by atoms with Crippen LogP contribution in [0.15, 0.2) is 42.2 Å². The van der Waals surface area contributed by atoms with Crippen LogP contribution in [0.5, 0.6) is 5.75 Å². The van der Waals surface area contributed by atoms with Crippen LogP contribution in [-0.4, -0.2) is 25.8 Å². The number of rotatable bonds is 2. The van der Waals surface area contributed by atoms with Crippen LogP contribution >= 0.6 is 0 Å². The molecule has 2 aromatic rings. The molecule has 1 aliphatic carbocycles. The van der Waals surface area contributed by atoms with E-state index in [-0.39, 0.29) is 17.3 Å². The lowest BCUT2D eigenvalue weighted by atomic mass is 9.89. The third-order valence-electron chi connectivity index (χ3n) is 3.43. The van der Waals surface area contributed by atoms with E-state index < -0.39 is 0 Å². The molecule has 4 heteroatoms. The van der Waals surface area contributed by atoms with Crippen molar-refractivity contribution < 1.29 is 19.1 Å². The second kappa shape index (κ2) is 4.49. The molecule has 0 N–H and O–H groups in total. The lowest BCUT2D eigenvalue weighted by Crippen LogP contribution is -2.18. The molecule has 0 fully saturated rings. The molecule has 0 saturated carbocycles. The SMILES string of the molecule is COC1=CC(=O)c2ccc3ccc(OC)cc3c2C1=O. The summed E-state index contributed by atoms with van der Waals surface area (Å²) in [5, 5.41) is 1.57. The van der Waals surface area contributed by atoms with Gasteiger partial charge in [0.15, 0.2) is 11.5 Å². The molecule has 0 amide bonds. The number of Topliss-reactive ketones (excluding diaryl/α,β-unsaturated/α-hetero) is 1. The summed E-state index contributed by atoms with van der Waals surface area (Å²) in [6, 6.07) is 8.93. The van der Waals surface area contributed by atoms with E-state index in [0.717, 1.165) is 5.39 Å². The fourth-order valence-corrected chi connectivity index (χ4v) is 2.41. The monoisotopic (exact) mass is 268 g/mol. The lowest BCUT2D eigenvalue weighted by molar-refractivity contribution is 0.0918. The van der Waals surface area contributed by atoms with E-state index in [4.69, 9.17) is 9.47 Å². The van der Waals surface area contributed by atoms with Crippen molar-refractivity contribution in [3.05, 3.63) is 53.3 Å². The molecule has 1 aliphatic rings. The zero-order valence-corrected chi connectivity index (χ0v) is 11.1. The second-order valence-electron chi connectivity index (χ2n) is 4.48. The number of allylic oxidation sites excluding steroid dienone is 2. The molecular formula is C16H12O4. The number of hydrogen-bond acceptors (Lipinski definition) is 4. The van der Waals surface area contributed by atoms with E-state index in [9.17, 15) is 9.59 Å². The number of benzene rings is 2. The first-order valence-electron chi connectivity index (χ1n) is 6.11. The van der Waals surface area contributed by atoms with Crippen molar-refractivity contribution in [3.63, 3.8) is 0 Å². The van der Waals surface area contributed by atoms with Crippen molar-refractivity contribution in [2.45, 2.75) is 0 Å². The molecule has 0 saturated heterocycles. The molecule has 0 bridgehead atoms. The van der Waals surface area contributed by atoms with Crippen molar-refractivity contribution in [2.75, 3.05) is 14.2 Å². The summed E-state index contributed by atoms with van der Waals surface area (Å²) >= 11 is 0. The van der Waals surface area contributed by atoms with Crippen LogP contribution in [0.25, 0.3) is 10.8 Å². The van der Waals surface area contributed by atoms with Crippen molar-refractivity contribution in [2.24, 2.45) is 0 Å². The van der Waals surface area contributed by atoms with Gasteiger partial charge in [-0.25, -0.2) is 0 Å². The maximum atomic E-state index is 12.4. The first-order valence-corrected chi connectivity index (χ1v) is 6.11. The molecule has 0 heterocycles. The minimum Gasteiger partial charge on any atom is -0.497 e. The van der Waals surface area contributed by atoms with E-state index in [1.807, 2.05) is 18.2 Å². The predicted molar refractivity (Wildman–Crippen MR) is 74.3 cm³/mol. The van der Waals surface area contributed by atoms with Crippen LogP contribution in [0.2, 0.25) is 0 Å². The van der Waals surface area contributed by atoms with Gasteiger partial charge in [0.1, 0.15) is 5.75 Å². The molecule has 0 atom stereocenters. The number of methoxy groups -OCH3 is 2. The minimum atomic E-state index is -0.277. The molecule has 3 rings (SSSR count). The van der Waals surface area contributed by atoms with Crippen molar-refractivity contribution in [1.82, 2.24) is 0 Å². The Morgan fingerprint density at radius 1 is 0.950 bits per heavy atom. The van der Waals surface area contributed by atoms with Crippen LogP contribution in [0.1, 0.15) is 20.7 Å². The van der Waals surface area contributed by atoms with Crippen molar-refractivity contribution >= 4 is 22.3 Å². The number of ether oxygens (including phenoxy) is 2. The highest BCUT2D eigenvalue weighted by Gasteiger charge is 2.28. The van der Waals surface area contributed by atoms with Gasteiger partial charge in [-0.2, -0.15) is 0 Å². The van der Waals surface area contributed by atoms with E-state index in [0.29, 0.717) is 22.3 Å². The number of carbonyl (C=O) groups excluding carboxylic acids is 2. The third kappa shape index (κ3) is 1.69. The van der Waals surface area contributed by atoms with Crippen LogP contribution in [0, 0.1) is 0 Å². The summed E-state index contributed by atoms with van der Waals surface area (Å²) in [6.07, 6.45) is 1.23. The Kier molecular flexibility index (Phi) is 2.79. The number of fused-ring (bicyclic) bond motifs is 3. The van der Waals surface area contributed by atoms with Crippen LogP contribution in [0.4, 0.5) is 0 Å². The quantitative estimate of drug-likeness (QED) is 0.840. The standard InChI is InChI=1S/C16H12O4/c1-19-10-5-3-9-4-6-11-13(17)8-14(20-2)16(18)15(11)12(9)7-10/h3-8H,1-2H3. The Labute approximate surface area is 115 Å². The van der Waals surface area contributed by atoms with Gasteiger partial charge in [0, 0.05) is 17.2 Å². The average molecular weight is 268 g/mol. The molecule has 20 heavy (non-hydrogen) atoms. The summed E-state index contributed by atoms with van der Waals surface area (Å²) in [5.41, 5.74) is 0.780. The fourth-order valence-electron chi connectivity index (χ4n) is 2.41. The summed E-state index contributed by atoms with van der Waals surface area (Å²) in [5.74, 6) is 0.208. The molecular weight excluding hydrogens is 256 g/mol. The molecule has 0 aliphatic heterocycles. The number of hydrogen-bond donors (Lipinski definition) is 0. The van der Waals surface area contributed by atoms with Gasteiger partial charge in [-0.05, 0) is 29.0 Å². The van der Waals surface area contributed by atoms with Gasteiger partial charge in [0.2, 0.25) is 5.78 Å². The van der Waals surface area contributed by atoms with Gasteiger partial charge < -0.3 is 9.47 Å². The van der Waals surface area contributed by atoms with E-state index in [2.05, 4.69) is 0 Å². The van der Waals surface area contributed by atoms with Gasteiger partial charge in [-0.1, -0.05) is 12.1 Å². The highest BCUT2D eigenvalue weighted by molar-refractivity contribution is 6.28. The first-order chi connectivity index (χ1) is 9.65. The van der Waals surface area contributed by atoms with Gasteiger partial charge in [-0.3, -0.25) is 9.59 Å². The largest absolute Gasteiger partial charge is 0.497 e. The van der Waals surface area contributed by atoms with Gasteiger partial charge >= 0.3 is 0 Å². The Bertz CT molecular complexity index is 771. The van der Waals surface area contributed by atoms with Gasteiger partial charge in [0.05, 0.1) is 14.2 Å². The Morgan fingerprint density at radius 2 is 1.70 bits per heavy atom. The number of ketones is 2. The van der Waals surface area contributed by atoms with E-state index >= 15 is 0 Å². The minimum absolute atomic E-state index is 0.0674. The average Bonchev–Trinajstić information content (AvgIpc) is 2.49. The van der Waals surface area contributed by atoms with Crippen molar-refractivity contribution in [1.29, 1.82) is 0 Å². The second-order valence-corrected chi connectivity index (χ2v) is 4.48. The van der Waals surface area contributed by atoms with E-state index in [1.165, 1.54) is 13.2 Å². The molecule has 0 radical (unpaired) electrons. The topological polar surface area (TPSA) is 52.6 Å². The zero-order chi connectivity index (χ0) is 14.3. The Hall–Kier alpha value is -2.62. The summed E-state index contributed by atoms with van der Waals surface area (Å²) in [4.78, 5) is 24.5. The molecule has 4 nitrogen and oxygen atoms in total. The third-order valence-corrected chi connectivity index (χ3v) is 3.43. The summed E-state index contributed by atoms with van der Waals surface area (Å²) in [6.45, 7) is 0.